The van der Waals surface area contributed by atoms with E-state index in [0.29, 0.717) is 24.6 Å². The number of nitrogens with one attached hydrogen (secondary N) is 1. The Bertz CT molecular complexity index is 328. The summed E-state index contributed by atoms with van der Waals surface area (Å²) in [6, 6.07) is 2.42. The monoisotopic (exact) mass is 208 g/mol. The van der Waals surface area contributed by atoms with Crippen LogP contribution in [0.25, 0.3) is 0 Å². The molecule has 0 amide bonds. The Balaban J connectivity index is 2.23. The first kappa shape index (κ1) is 11.7. The van der Waals surface area contributed by atoms with Gasteiger partial charge >= 0.3 is 0 Å². The number of hydrogen-bond donors (Lipinski definition) is 1. The number of hydrogen-bond acceptors (Lipinski definition) is 5. The zero-order chi connectivity index (χ0) is 11.1. The van der Waals surface area contributed by atoms with Crippen molar-refractivity contribution in [2.75, 3.05) is 6.54 Å². The van der Waals surface area contributed by atoms with Crippen LogP contribution in [0.5, 0.6) is 0 Å². The second kappa shape index (κ2) is 6.14. The van der Waals surface area contributed by atoms with Gasteiger partial charge < -0.3 is 9.84 Å². The highest BCUT2D eigenvalue weighted by Crippen LogP contribution is 1.98. The molecule has 0 aliphatic rings. The lowest BCUT2D eigenvalue weighted by atomic mass is 10.1. The summed E-state index contributed by atoms with van der Waals surface area (Å²) in [5.74, 6) is 1.31. The maximum absolute atomic E-state index is 8.56. The Morgan fingerprint density at radius 1 is 1.60 bits per heavy atom. The molecule has 0 saturated carbocycles. The van der Waals surface area contributed by atoms with E-state index >= 15 is 0 Å². The lowest BCUT2D eigenvalue weighted by Crippen LogP contribution is -2.29. The van der Waals surface area contributed by atoms with E-state index in [-0.39, 0.29) is 6.04 Å². The van der Waals surface area contributed by atoms with Crippen molar-refractivity contribution in [3.63, 3.8) is 0 Å². The highest BCUT2D eigenvalue weighted by atomic mass is 16.5. The fourth-order valence-corrected chi connectivity index (χ4v) is 1.30. The summed E-state index contributed by atoms with van der Waals surface area (Å²) < 4.78 is 4.97. The minimum absolute atomic E-state index is 0.263. The smallest absolute Gasteiger partial charge is 0.227 e. The van der Waals surface area contributed by atoms with Gasteiger partial charge in [0.1, 0.15) is 0 Å². The van der Waals surface area contributed by atoms with Gasteiger partial charge in [-0.1, -0.05) is 12.1 Å². The minimum atomic E-state index is 0.263. The maximum atomic E-state index is 8.56. The second-order valence-corrected chi connectivity index (χ2v) is 3.41. The number of rotatable bonds is 6. The van der Waals surface area contributed by atoms with E-state index in [1.807, 2.05) is 0 Å². The van der Waals surface area contributed by atoms with Gasteiger partial charge in [-0.25, -0.2) is 0 Å². The zero-order valence-corrected chi connectivity index (χ0v) is 9.16. The van der Waals surface area contributed by atoms with Gasteiger partial charge in [-0.15, -0.1) is 0 Å². The summed E-state index contributed by atoms with van der Waals surface area (Å²) in [6.45, 7) is 4.62. The third kappa shape index (κ3) is 4.09. The number of nitrogens with zero attached hydrogens (tertiary/aromatic N) is 3. The highest BCUT2D eigenvalue weighted by Gasteiger charge is 2.06. The Hall–Kier alpha value is -1.41. The molecule has 0 aliphatic carbocycles. The van der Waals surface area contributed by atoms with E-state index in [4.69, 9.17) is 9.78 Å². The number of nitriles is 1. The predicted octanol–water partition coefficient (Wildman–Crippen LogP) is 1.20. The van der Waals surface area contributed by atoms with Crippen molar-refractivity contribution in [3.8, 4) is 6.07 Å². The van der Waals surface area contributed by atoms with Gasteiger partial charge in [-0.2, -0.15) is 10.2 Å². The summed E-state index contributed by atoms with van der Waals surface area (Å²) in [5.41, 5.74) is 0. The molecular formula is C10H16N4O. The van der Waals surface area contributed by atoms with Crippen molar-refractivity contribution >= 4 is 0 Å². The molecule has 0 bridgehead atoms. The van der Waals surface area contributed by atoms with Crippen molar-refractivity contribution in [2.24, 2.45) is 0 Å². The topological polar surface area (TPSA) is 74.7 Å². The van der Waals surface area contributed by atoms with Crippen molar-refractivity contribution in [3.05, 3.63) is 11.7 Å². The molecule has 1 aromatic rings. The van der Waals surface area contributed by atoms with Gasteiger partial charge in [0.25, 0.3) is 0 Å². The SMILES string of the molecule is CCC(CC#N)NCCc1nc(C)no1. The van der Waals surface area contributed by atoms with Crippen LogP contribution < -0.4 is 5.32 Å². The van der Waals surface area contributed by atoms with Crippen LogP contribution in [0.3, 0.4) is 0 Å². The molecule has 0 aliphatic heterocycles. The van der Waals surface area contributed by atoms with Gasteiger partial charge in [0.05, 0.1) is 12.5 Å². The Morgan fingerprint density at radius 2 is 2.40 bits per heavy atom. The molecule has 1 N–H and O–H groups in total. The van der Waals surface area contributed by atoms with E-state index in [1.54, 1.807) is 6.92 Å². The molecule has 0 saturated heterocycles. The van der Waals surface area contributed by atoms with Crippen LogP contribution in [-0.4, -0.2) is 22.7 Å². The third-order valence-electron chi connectivity index (χ3n) is 2.17. The van der Waals surface area contributed by atoms with E-state index < -0.39 is 0 Å². The van der Waals surface area contributed by atoms with Crippen molar-refractivity contribution in [2.45, 2.75) is 39.2 Å². The molecule has 15 heavy (non-hydrogen) atoms. The van der Waals surface area contributed by atoms with Crippen LogP contribution in [0.4, 0.5) is 0 Å². The van der Waals surface area contributed by atoms with Crippen LogP contribution in [0.2, 0.25) is 0 Å². The fraction of sp³-hybridized carbons (Fsp3) is 0.700. The Labute approximate surface area is 89.5 Å². The molecule has 5 nitrogen and oxygen atoms in total. The van der Waals surface area contributed by atoms with Gasteiger partial charge in [-0.3, -0.25) is 0 Å². The van der Waals surface area contributed by atoms with E-state index in [2.05, 4.69) is 28.5 Å². The number of aryl methyl sites for hydroxylation is 1. The van der Waals surface area contributed by atoms with Gasteiger partial charge in [-0.05, 0) is 13.3 Å². The van der Waals surface area contributed by atoms with E-state index in [1.165, 1.54) is 0 Å². The molecule has 0 spiro atoms. The van der Waals surface area contributed by atoms with Crippen molar-refractivity contribution in [1.82, 2.24) is 15.5 Å². The molecule has 1 rings (SSSR count). The predicted molar refractivity (Wildman–Crippen MR) is 55.1 cm³/mol. The molecule has 5 heteroatoms. The van der Waals surface area contributed by atoms with Crippen LogP contribution in [0.15, 0.2) is 4.52 Å². The van der Waals surface area contributed by atoms with Crippen LogP contribution in [0, 0.1) is 18.3 Å². The van der Waals surface area contributed by atoms with Gasteiger partial charge in [0.2, 0.25) is 5.89 Å². The van der Waals surface area contributed by atoms with Gasteiger partial charge in [0.15, 0.2) is 5.82 Å². The third-order valence-corrected chi connectivity index (χ3v) is 2.17. The molecule has 1 heterocycles. The molecule has 82 valence electrons. The summed E-state index contributed by atoms with van der Waals surface area (Å²) in [5, 5.41) is 15.5. The van der Waals surface area contributed by atoms with Crippen LogP contribution in [-0.2, 0) is 6.42 Å². The van der Waals surface area contributed by atoms with E-state index in [0.717, 1.165) is 13.0 Å². The first-order chi connectivity index (χ1) is 7.26. The minimum Gasteiger partial charge on any atom is -0.339 e. The maximum Gasteiger partial charge on any atom is 0.227 e. The average Bonchev–Trinajstić information content (AvgIpc) is 2.63. The lowest BCUT2D eigenvalue weighted by Gasteiger charge is -2.11. The number of aromatic nitrogens is 2. The standard InChI is InChI=1S/C10H16N4O/c1-3-9(4-6-11)12-7-5-10-13-8(2)14-15-10/h9,12H,3-5,7H2,1-2H3. The van der Waals surface area contributed by atoms with Crippen LogP contribution in [0.1, 0.15) is 31.5 Å². The molecule has 1 atom stereocenters. The molecule has 1 unspecified atom stereocenters. The molecule has 0 radical (unpaired) electrons. The van der Waals surface area contributed by atoms with Gasteiger partial charge in [0, 0.05) is 19.0 Å². The quantitative estimate of drug-likeness (QED) is 0.760. The molecule has 0 fully saturated rings. The molecular weight excluding hydrogens is 192 g/mol. The molecule has 1 aromatic heterocycles. The van der Waals surface area contributed by atoms with E-state index in [9.17, 15) is 0 Å². The second-order valence-electron chi connectivity index (χ2n) is 3.41. The highest BCUT2D eigenvalue weighted by molar-refractivity contribution is 4.85. The average molecular weight is 208 g/mol. The fourth-order valence-electron chi connectivity index (χ4n) is 1.30. The molecule has 0 aromatic carbocycles. The zero-order valence-electron chi connectivity index (χ0n) is 9.16. The largest absolute Gasteiger partial charge is 0.339 e. The van der Waals surface area contributed by atoms with Crippen molar-refractivity contribution < 1.29 is 4.52 Å². The summed E-state index contributed by atoms with van der Waals surface area (Å²) in [7, 11) is 0. The van der Waals surface area contributed by atoms with Crippen molar-refractivity contribution in [1.29, 1.82) is 5.26 Å². The van der Waals surface area contributed by atoms with Crippen LogP contribution >= 0.6 is 0 Å². The Kier molecular flexibility index (Phi) is 4.78. The first-order valence-electron chi connectivity index (χ1n) is 5.15. The normalized spacial score (nSPS) is 12.3. The summed E-state index contributed by atoms with van der Waals surface area (Å²) >= 11 is 0. The first-order valence-corrected chi connectivity index (χ1v) is 5.15. The summed E-state index contributed by atoms with van der Waals surface area (Å²) in [4.78, 5) is 4.10. The lowest BCUT2D eigenvalue weighted by molar-refractivity contribution is 0.368. The Morgan fingerprint density at radius 3 is 2.93 bits per heavy atom. The summed E-state index contributed by atoms with van der Waals surface area (Å²) in [6.07, 6.45) is 2.21.